The molecule has 0 fully saturated rings. The molecular weight excluding hydrogens is 312 g/mol. The van der Waals surface area contributed by atoms with Crippen molar-refractivity contribution in [3.8, 4) is 17.0 Å². The van der Waals surface area contributed by atoms with Crippen LogP contribution in [0.25, 0.3) is 22.0 Å². The summed E-state index contributed by atoms with van der Waals surface area (Å²) >= 11 is 0. The molecule has 0 bridgehead atoms. The number of H-pyrrole nitrogens is 1. The van der Waals surface area contributed by atoms with E-state index in [9.17, 15) is 4.79 Å². The molecule has 0 amide bonds. The highest BCUT2D eigenvalue weighted by Crippen LogP contribution is 2.41. The highest BCUT2D eigenvalue weighted by molar-refractivity contribution is 6.01. The molecule has 3 aromatic rings. The van der Waals surface area contributed by atoms with Gasteiger partial charge in [-0.05, 0) is 55.0 Å². The second kappa shape index (κ2) is 6.36. The zero-order chi connectivity index (χ0) is 18.2. The van der Waals surface area contributed by atoms with Crippen molar-refractivity contribution in [2.24, 2.45) is 0 Å². The largest absolute Gasteiger partial charge is 0.409 e. The summed E-state index contributed by atoms with van der Waals surface area (Å²) in [6, 6.07) is 8.16. The molecule has 0 spiro atoms. The molecular formula is C21H24N2O2. The van der Waals surface area contributed by atoms with Crippen LogP contribution in [-0.4, -0.2) is 16.4 Å². The Bertz CT molecular complexity index is 938. The zero-order valence-corrected chi connectivity index (χ0v) is 15.4. The minimum absolute atomic E-state index is 0.0950. The predicted octanol–water partition coefficient (Wildman–Crippen LogP) is 5.07. The number of ether oxygens (including phenoxy) is 1. The third-order valence-corrected chi connectivity index (χ3v) is 5.23. The standard InChI is InChI=1S/C21H24N2O2/c1-6-21(4,5)16-9-10-17-18(13(16)2)19(14(3)23-17)15-8-7-11-22-20(15)25-12-24/h7-12,23H,6H2,1-5H3. The molecule has 0 atom stereocenters. The van der Waals surface area contributed by atoms with Crippen LogP contribution < -0.4 is 4.74 Å². The van der Waals surface area contributed by atoms with Gasteiger partial charge in [0.1, 0.15) is 0 Å². The number of hydrogen-bond acceptors (Lipinski definition) is 3. The number of aryl methyl sites for hydroxylation is 2. The summed E-state index contributed by atoms with van der Waals surface area (Å²) in [5, 5.41) is 1.17. The number of fused-ring (bicyclic) bond motifs is 1. The van der Waals surface area contributed by atoms with E-state index in [4.69, 9.17) is 4.74 Å². The Balaban J connectivity index is 2.35. The number of hydrogen-bond donors (Lipinski definition) is 1. The first-order valence-corrected chi connectivity index (χ1v) is 8.58. The monoisotopic (exact) mass is 336 g/mol. The topological polar surface area (TPSA) is 55.0 Å². The van der Waals surface area contributed by atoms with Gasteiger partial charge in [0.2, 0.25) is 5.88 Å². The zero-order valence-electron chi connectivity index (χ0n) is 15.4. The lowest BCUT2D eigenvalue weighted by Crippen LogP contribution is -2.17. The fourth-order valence-corrected chi connectivity index (χ4v) is 3.57. The third-order valence-electron chi connectivity index (χ3n) is 5.23. The van der Waals surface area contributed by atoms with Crippen molar-refractivity contribution in [3.63, 3.8) is 0 Å². The minimum atomic E-state index is 0.0950. The second-order valence-corrected chi connectivity index (χ2v) is 7.09. The number of benzene rings is 1. The molecule has 1 N–H and O–H groups in total. The fourth-order valence-electron chi connectivity index (χ4n) is 3.57. The summed E-state index contributed by atoms with van der Waals surface area (Å²) in [6.07, 6.45) is 2.69. The Hall–Kier alpha value is -2.62. The average Bonchev–Trinajstić information content (AvgIpc) is 2.92. The van der Waals surface area contributed by atoms with Gasteiger partial charge in [0.15, 0.2) is 0 Å². The van der Waals surface area contributed by atoms with E-state index < -0.39 is 0 Å². The van der Waals surface area contributed by atoms with E-state index in [2.05, 4.69) is 49.8 Å². The van der Waals surface area contributed by atoms with E-state index in [0.717, 1.165) is 28.8 Å². The van der Waals surface area contributed by atoms with Crippen molar-refractivity contribution < 1.29 is 9.53 Å². The van der Waals surface area contributed by atoms with Gasteiger partial charge in [0, 0.05) is 33.9 Å². The molecule has 1 aromatic carbocycles. The molecule has 2 heterocycles. The Morgan fingerprint density at radius 1 is 1.24 bits per heavy atom. The van der Waals surface area contributed by atoms with Gasteiger partial charge in [-0.2, -0.15) is 0 Å². The van der Waals surface area contributed by atoms with Crippen LogP contribution in [0, 0.1) is 13.8 Å². The third kappa shape index (κ3) is 2.82. The molecule has 0 aliphatic carbocycles. The van der Waals surface area contributed by atoms with Gasteiger partial charge in [-0.15, -0.1) is 0 Å². The maximum absolute atomic E-state index is 10.9. The average molecular weight is 336 g/mol. The van der Waals surface area contributed by atoms with E-state index in [1.165, 1.54) is 16.5 Å². The SMILES string of the molecule is CCC(C)(C)c1ccc2[nH]c(C)c(-c3cccnc3OC=O)c2c1C. The summed E-state index contributed by atoms with van der Waals surface area (Å²) in [4.78, 5) is 18.5. The minimum Gasteiger partial charge on any atom is -0.409 e. The van der Waals surface area contributed by atoms with E-state index in [1.807, 2.05) is 19.1 Å². The lowest BCUT2D eigenvalue weighted by Gasteiger charge is -2.26. The van der Waals surface area contributed by atoms with Gasteiger partial charge in [0.25, 0.3) is 6.47 Å². The van der Waals surface area contributed by atoms with Gasteiger partial charge in [-0.1, -0.05) is 26.8 Å². The number of carbonyl (C=O) groups excluding carboxylic acids is 1. The van der Waals surface area contributed by atoms with E-state index >= 15 is 0 Å². The first kappa shape index (κ1) is 17.2. The fraction of sp³-hybridized carbons (Fsp3) is 0.333. The summed E-state index contributed by atoms with van der Waals surface area (Å²) in [5.41, 5.74) is 6.68. The van der Waals surface area contributed by atoms with Crippen molar-refractivity contribution >= 4 is 17.4 Å². The number of pyridine rings is 1. The Kier molecular flexibility index (Phi) is 4.38. The van der Waals surface area contributed by atoms with Crippen LogP contribution in [0.2, 0.25) is 0 Å². The summed E-state index contributed by atoms with van der Waals surface area (Å²) < 4.78 is 5.12. The molecule has 2 aromatic heterocycles. The lowest BCUT2D eigenvalue weighted by molar-refractivity contribution is -0.120. The Morgan fingerprint density at radius 2 is 2.00 bits per heavy atom. The molecule has 25 heavy (non-hydrogen) atoms. The highest BCUT2D eigenvalue weighted by atomic mass is 16.5. The molecule has 4 nitrogen and oxygen atoms in total. The predicted molar refractivity (Wildman–Crippen MR) is 101 cm³/mol. The first-order valence-electron chi connectivity index (χ1n) is 8.58. The van der Waals surface area contributed by atoms with Crippen LogP contribution in [0.1, 0.15) is 44.0 Å². The Morgan fingerprint density at radius 3 is 2.68 bits per heavy atom. The number of rotatable bonds is 5. The second-order valence-electron chi connectivity index (χ2n) is 7.09. The van der Waals surface area contributed by atoms with Crippen LogP contribution in [0.3, 0.4) is 0 Å². The molecule has 130 valence electrons. The van der Waals surface area contributed by atoms with Crippen LogP contribution >= 0.6 is 0 Å². The molecule has 0 radical (unpaired) electrons. The van der Waals surface area contributed by atoms with Crippen molar-refractivity contribution in [1.29, 1.82) is 0 Å². The van der Waals surface area contributed by atoms with Gasteiger partial charge >= 0.3 is 0 Å². The van der Waals surface area contributed by atoms with Gasteiger partial charge in [-0.25, -0.2) is 4.98 Å². The van der Waals surface area contributed by atoms with Crippen molar-refractivity contribution in [2.75, 3.05) is 0 Å². The van der Waals surface area contributed by atoms with E-state index in [1.54, 1.807) is 6.20 Å². The number of carbonyl (C=O) groups is 1. The molecule has 0 aliphatic heterocycles. The van der Waals surface area contributed by atoms with E-state index in [-0.39, 0.29) is 5.41 Å². The van der Waals surface area contributed by atoms with Gasteiger partial charge < -0.3 is 9.72 Å². The Labute approximate surface area is 148 Å². The molecule has 0 unspecified atom stereocenters. The summed E-state index contributed by atoms with van der Waals surface area (Å²) in [6.45, 7) is 11.4. The quantitative estimate of drug-likeness (QED) is 0.662. The maximum Gasteiger partial charge on any atom is 0.299 e. The molecule has 0 saturated carbocycles. The van der Waals surface area contributed by atoms with Crippen LogP contribution in [0.5, 0.6) is 5.88 Å². The van der Waals surface area contributed by atoms with Crippen molar-refractivity contribution in [2.45, 2.75) is 46.5 Å². The van der Waals surface area contributed by atoms with Gasteiger partial charge in [0.05, 0.1) is 0 Å². The van der Waals surface area contributed by atoms with Crippen molar-refractivity contribution in [3.05, 3.63) is 47.3 Å². The number of nitrogens with zero attached hydrogens (tertiary/aromatic N) is 1. The normalized spacial score (nSPS) is 11.7. The van der Waals surface area contributed by atoms with Crippen molar-refractivity contribution in [1.82, 2.24) is 9.97 Å². The molecule has 3 rings (SSSR count). The van der Waals surface area contributed by atoms with Crippen LogP contribution in [0.4, 0.5) is 0 Å². The number of aromatic nitrogens is 2. The van der Waals surface area contributed by atoms with Gasteiger partial charge in [-0.3, -0.25) is 4.79 Å². The smallest absolute Gasteiger partial charge is 0.299 e. The highest BCUT2D eigenvalue weighted by Gasteiger charge is 2.24. The molecule has 0 saturated heterocycles. The first-order chi connectivity index (χ1) is 11.9. The maximum atomic E-state index is 10.9. The number of nitrogens with one attached hydrogen (secondary N) is 1. The molecule has 4 heteroatoms. The van der Waals surface area contributed by atoms with E-state index in [0.29, 0.717) is 12.4 Å². The van der Waals surface area contributed by atoms with Crippen LogP contribution in [0.15, 0.2) is 30.5 Å². The summed E-state index contributed by atoms with van der Waals surface area (Å²) in [5.74, 6) is 0.334. The number of aromatic amines is 1. The lowest BCUT2D eigenvalue weighted by atomic mass is 9.78. The molecule has 0 aliphatic rings. The summed E-state index contributed by atoms with van der Waals surface area (Å²) in [7, 11) is 0. The van der Waals surface area contributed by atoms with Crippen LogP contribution in [-0.2, 0) is 10.2 Å².